The molecule has 0 aliphatic rings. The summed E-state index contributed by atoms with van der Waals surface area (Å²) in [6.07, 6.45) is 8.90. The number of rotatable bonds is 3. The van der Waals surface area contributed by atoms with Crippen molar-refractivity contribution in [2.75, 3.05) is 5.32 Å². The van der Waals surface area contributed by atoms with Gasteiger partial charge in [0, 0.05) is 24.8 Å². The second kappa shape index (κ2) is 4.71. The predicted molar refractivity (Wildman–Crippen MR) is 77.6 cm³/mol. The summed E-state index contributed by atoms with van der Waals surface area (Å²) in [6.45, 7) is 0. The van der Waals surface area contributed by atoms with Crippen LogP contribution < -0.4 is 5.32 Å². The summed E-state index contributed by atoms with van der Waals surface area (Å²) < 4.78 is 3.62. The molecule has 0 fully saturated rings. The van der Waals surface area contributed by atoms with Gasteiger partial charge in [-0.2, -0.15) is 4.98 Å². The Morgan fingerprint density at radius 2 is 2.00 bits per heavy atom. The lowest BCUT2D eigenvalue weighted by Gasteiger charge is -2.01. The van der Waals surface area contributed by atoms with Crippen molar-refractivity contribution in [1.29, 1.82) is 0 Å². The molecule has 4 rings (SSSR count). The van der Waals surface area contributed by atoms with Gasteiger partial charge in [0.15, 0.2) is 5.65 Å². The lowest BCUT2D eigenvalue weighted by molar-refractivity contribution is 0.946. The molecule has 0 bridgehead atoms. The Balaban J connectivity index is 1.78. The molecule has 0 saturated carbocycles. The van der Waals surface area contributed by atoms with Gasteiger partial charge in [-0.1, -0.05) is 6.07 Å². The van der Waals surface area contributed by atoms with Crippen LogP contribution in [0.1, 0.15) is 0 Å². The molecule has 21 heavy (non-hydrogen) atoms. The molecule has 7 nitrogen and oxygen atoms in total. The number of imidazole rings is 1. The largest absolute Gasteiger partial charge is 0.307 e. The molecule has 0 aromatic carbocycles. The lowest BCUT2D eigenvalue weighted by Crippen LogP contribution is -1.95. The van der Waals surface area contributed by atoms with Crippen molar-refractivity contribution in [3.05, 3.63) is 61.4 Å². The number of fused-ring (bicyclic) bond motifs is 1. The van der Waals surface area contributed by atoms with Crippen LogP contribution in [0.25, 0.3) is 11.3 Å². The van der Waals surface area contributed by atoms with Gasteiger partial charge < -0.3 is 9.88 Å². The van der Waals surface area contributed by atoms with E-state index in [2.05, 4.69) is 25.4 Å². The second-order valence-electron chi connectivity index (χ2n) is 4.41. The van der Waals surface area contributed by atoms with Crippen LogP contribution >= 0.6 is 0 Å². The van der Waals surface area contributed by atoms with E-state index in [9.17, 15) is 0 Å². The molecule has 0 amide bonds. The number of aromatic nitrogens is 6. The number of anilines is 2. The Bertz CT molecular complexity index is 865. The molecule has 102 valence electrons. The molecule has 0 aliphatic carbocycles. The average Bonchev–Trinajstić information content (AvgIpc) is 3.16. The van der Waals surface area contributed by atoms with Gasteiger partial charge in [-0.05, 0) is 24.3 Å². The number of pyridine rings is 2. The van der Waals surface area contributed by atoms with Gasteiger partial charge in [0.05, 0.1) is 12.0 Å². The Kier molecular flexibility index (Phi) is 2.60. The summed E-state index contributed by atoms with van der Waals surface area (Å²) in [5.41, 5.74) is 1.66. The Labute approximate surface area is 119 Å². The molecular weight excluding hydrogens is 266 g/mol. The fourth-order valence-electron chi connectivity index (χ4n) is 2.10. The van der Waals surface area contributed by atoms with Gasteiger partial charge in [-0.15, -0.1) is 5.10 Å². The first-order valence-electron chi connectivity index (χ1n) is 6.42. The van der Waals surface area contributed by atoms with Crippen molar-refractivity contribution in [2.45, 2.75) is 0 Å². The lowest BCUT2D eigenvalue weighted by atomic mass is 10.4. The van der Waals surface area contributed by atoms with E-state index in [0.717, 1.165) is 11.3 Å². The van der Waals surface area contributed by atoms with Crippen molar-refractivity contribution in [3.63, 3.8) is 0 Å². The van der Waals surface area contributed by atoms with Gasteiger partial charge in [-0.3, -0.25) is 0 Å². The van der Waals surface area contributed by atoms with E-state index in [-0.39, 0.29) is 0 Å². The van der Waals surface area contributed by atoms with E-state index in [0.29, 0.717) is 11.8 Å². The highest BCUT2D eigenvalue weighted by atomic mass is 15.4. The van der Waals surface area contributed by atoms with E-state index >= 15 is 0 Å². The zero-order valence-electron chi connectivity index (χ0n) is 11.0. The first kappa shape index (κ1) is 11.6. The maximum absolute atomic E-state index is 4.52. The highest BCUT2D eigenvalue weighted by molar-refractivity contribution is 5.62. The van der Waals surface area contributed by atoms with Crippen LogP contribution in [0, 0.1) is 0 Å². The normalized spacial score (nSPS) is 10.9. The summed E-state index contributed by atoms with van der Waals surface area (Å²) in [5.74, 6) is 1.21. The monoisotopic (exact) mass is 277 g/mol. The molecule has 0 unspecified atom stereocenters. The summed E-state index contributed by atoms with van der Waals surface area (Å²) in [6, 6.07) is 9.52. The zero-order valence-corrected chi connectivity index (χ0v) is 11.0. The van der Waals surface area contributed by atoms with Crippen molar-refractivity contribution < 1.29 is 0 Å². The number of hydrogen-bond acceptors (Lipinski definition) is 5. The molecule has 7 heteroatoms. The number of nitrogens with zero attached hydrogens (tertiary/aromatic N) is 6. The highest BCUT2D eigenvalue weighted by Crippen LogP contribution is 2.17. The number of hydrogen-bond donors (Lipinski definition) is 1. The third kappa shape index (κ3) is 2.10. The third-order valence-electron chi connectivity index (χ3n) is 3.03. The smallest absolute Gasteiger partial charge is 0.248 e. The third-order valence-corrected chi connectivity index (χ3v) is 3.03. The molecule has 0 radical (unpaired) electrons. The summed E-state index contributed by atoms with van der Waals surface area (Å²) in [5, 5.41) is 7.49. The SMILES string of the molecule is c1ccc(Nc2nc3c(-n4ccnc4)cccn3n2)nc1. The molecule has 4 heterocycles. The molecule has 0 saturated heterocycles. The van der Waals surface area contributed by atoms with Crippen molar-refractivity contribution in [2.24, 2.45) is 0 Å². The molecule has 4 aromatic heterocycles. The minimum atomic E-state index is 0.501. The van der Waals surface area contributed by atoms with E-state index in [1.54, 1.807) is 23.2 Å². The summed E-state index contributed by atoms with van der Waals surface area (Å²) in [7, 11) is 0. The fraction of sp³-hybridized carbons (Fsp3) is 0. The molecule has 1 N–H and O–H groups in total. The maximum Gasteiger partial charge on any atom is 0.248 e. The molecular formula is C14H11N7. The molecule has 0 aliphatic heterocycles. The van der Waals surface area contributed by atoms with E-state index in [1.165, 1.54) is 0 Å². The second-order valence-corrected chi connectivity index (χ2v) is 4.41. The standard InChI is InChI=1S/C14H11N7/c1-2-6-16-12(5-1)17-14-18-13-11(20-9-7-15-10-20)4-3-8-21(13)19-14/h1-10H,(H,16,17,19). The predicted octanol–water partition coefficient (Wildman–Crippen LogP) is 2.05. The van der Waals surface area contributed by atoms with Crippen LogP contribution in [0.5, 0.6) is 0 Å². The molecule has 4 aromatic rings. The van der Waals surface area contributed by atoms with Gasteiger partial charge >= 0.3 is 0 Å². The first-order chi connectivity index (χ1) is 10.4. The van der Waals surface area contributed by atoms with Crippen LogP contribution in [-0.2, 0) is 0 Å². The Morgan fingerprint density at radius 3 is 2.81 bits per heavy atom. The van der Waals surface area contributed by atoms with E-state index < -0.39 is 0 Å². The van der Waals surface area contributed by atoms with E-state index in [4.69, 9.17) is 0 Å². The minimum Gasteiger partial charge on any atom is -0.307 e. The van der Waals surface area contributed by atoms with Crippen LogP contribution in [0.3, 0.4) is 0 Å². The van der Waals surface area contributed by atoms with Crippen LogP contribution in [0.4, 0.5) is 11.8 Å². The van der Waals surface area contributed by atoms with Crippen LogP contribution in [-0.4, -0.2) is 29.1 Å². The summed E-state index contributed by atoms with van der Waals surface area (Å²) in [4.78, 5) is 12.8. The zero-order chi connectivity index (χ0) is 14.1. The fourth-order valence-corrected chi connectivity index (χ4v) is 2.10. The Hall–Kier alpha value is -3.22. The maximum atomic E-state index is 4.52. The van der Waals surface area contributed by atoms with Crippen LogP contribution in [0.15, 0.2) is 61.4 Å². The molecule has 0 atom stereocenters. The average molecular weight is 277 g/mol. The van der Waals surface area contributed by atoms with Crippen molar-refractivity contribution in [3.8, 4) is 5.69 Å². The Morgan fingerprint density at radius 1 is 1.00 bits per heavy atom. The number of nitrogens with one attached hydrogen (secondary N) is 1. The van der Waals surface area contributed by atoms with Gasteiger partial charge in [0.1, 0.15) is 5.82 Å². The van der Waals surface area contributed by atoms with E-state index in [1.807, 2.05) is 47.3 Å². The van der Waals surface area contributed by atoms with Crippen molar-refractivity contribution >= 4 is 17.4 Å². The van der Waals surface area contributed by atoms with Gasteiger partial charge in [0.2, 0.25) is 5.95 Å². The van der Waals surface area contributed by atoms with Crippen LogP contribution in [0.2, 0.25) is 0 Å². The minimum absolute atomic E-state index is 0.501. The summed E-state index contributed by atoms with van der Waals surface area (Å²) >= 11 is 0. The highest BCUT2D eigenvalue weighted by Gasteiger charge is 2.09. The quantitative estimate of drug-likeness (QED) is 0.620. The van der Waals surface area contributed by atoms with Gasteiger partial charge in [0.25, 0.3) is 0 Å². The van der Waals surface area contributed by atoms with Crippen molar-refractivity contribution in [1.82, 2.24) is 29.1 Å². The van der Waals surface area contributed by atoms with Gasteiger partial charge in [-0.25, -0.2) is 14.5 Å². The molecule has 0 spiro atoms. The first-order valence-corrected chi connectivity index (χ1v) is 6.42. The topological polar surface area (TPSA) is 72.9 Å².